The van der Waals surface area contributed by atoms with Crippen LogP contribution in [0.25, 0.3) is 10.9 Å². The molecule has 1 atom stereocenters. The standard InChI is InChI=1S/C18H20N2O/c1-21-16-7-8-18-17(10-16)15(12-20-18)9-14(11-19)13-5-3-2-4-6-13/h2-8,10,12,14,20H,9,11,19H2,1H3/t14-/m1/s1. The van der Waals surface area contributed by atoms with Gasteiger partial charge >= 0.3 is 0 Å². The van der Waals surface area contributed by atoms with Crippen LogP contribution in [0.5, 0.6) is 5.75 Å². The molecule has 2 aromatic carbocycles. The fourth-order valence-electron chi connectivity index (χ4n) is 2.78. The van der Waals surface area contributed by atoms with E-state index < -0.39 is 0 Å². The second-order valence-corrected chi connectivity index (χ2v) is 5.27. The first-order chi connectivity index (χ1) is 10.3. The van der Waals surface area contributed by atoms with Gasteiger partial charge in [-0.15, -0.1) is 0 Å². The van der Waals surface area contributed by atoms with Gasteiger partial charge in [-0.05, 0) is 42.3 Å². The van der Waals surface area contributed by atoms with Crippen molar-refractivity contribution in [1.82, 2.24) is 4.98 Å². The number of hydrogen-bond donors (Lipinski definition) is 2. The van der Waals surface area contributed by atoms with E-state index in [0.717, 1.165) is 17.7 Å². The quantitative estimate of drug-likeness (QED) is 0.752. The Kier molecular flexibility index (Phi) is 3.93. The number of H-pyrrole nitrogens is 1. The summed E-state index contributed by atoms with van der Waals surface area (Å²) in [5.74, 6) is 1.21. The van der Waals surface area contributed by atoms with E-state index in [0.29, 0.717) is 12.5 Å². The Morgan fingerprint density at radius 1 is 1.14 bits per heavy atom. The Morgan fingerprint density at radius 3 is 2.67 bits per heavy atom. The Hall–Kier alpha value is -2.26. The zero-order valence-electron chi connectivity index (χ0n) is 12.2. The predicted octanol–water partition coefficient (Wildman–Crippen LogP) is 3.46. The fraction of sp³-hybridized carbons (Fsp3) is 0.222. The number of aromatic amines is 1. The average molecular weight is 280 g/mol. The Bertz CT molecular complexity index is 718. The number of methoxy groups -OCH3 is 1. The highest BCUT2D eigenvalue weighted by Gasteiger charge is 2.13. The number of nitrogens with two attached hydrogens (primary N) is 1. The van der Waals surface area contributed by atoms with E-state index in [9.17, 15) is 0 Å². The molecule has 21 heavy (non-hydrogen) atoms. The van der Waals surface area contributed by atoms with Gasteiger partial charge < -0.3 is 15.5 Å². The van der Waals surface area contributed by atoms with Gasteiger partial charge in [0.15, 0.2) is 0 Å². The number of ether oxygens (including phenoxy) is 1. The Morgan fingerprint density at radius 2 is 1.95 bits per heavy atom. The summed E-state index contributed by atoms with van der Waals surface area (Å²) in [5.41, 5.74) is 9.69. The molecule has 0 aliphatic heterocycles. The SMILES string of the molecule is COc1ccc2[nH]cc(C[C@H](CN)c3ccccc3)c2c1. The van der Waals surface area contributed by atoms with Gasteiger partial charge in [0.25, 0.3) is 0 Å². The molecule has 0 radical (unpaired) electrons. The van der Waals surface area contributed by atoms with E-state index in [4.69, 9.17) is 10.5 Å². The van der Waals surface area contributed by atoms with Crippen molar-refractivity contribution in [2.75, 3.05) is 13.7 Å². The third kappa shape index (κ3) is 2.78. The zero-order chi connectivity index (χ0) is 14.7. The molecule has 0 spiro atoms. The lowest BCUT2D eigenvalue weighted by atomic mass is 9.92. The molecule has 108 valence electrons. The van der Waals surface area contributed by atoms with Crippen LogP contribution in [0.4, 0.5) is 0 Å². The summed E-state index contributed by atoms with van der Waals surface area (Å²) >= 11 is 0. The normalized spacial score (nSPS) is 12.5. The van der Waals surface area contributed by atoms with Crippen molar-refractivity contribution in [2.45, 2.75) is 12.3 Å². The molecule has 1 heterocycles. The summed E-state index contributed by atoms with van der Waals surface area (Å²) in [6.07, 6.45) is 3.00. The maximum absolute atomic E-state index is 5.99. The van der Waals surface area contributed by atoms with E-state index in [1.165, 1.54) is 16.5 Å². The summed E-state index contributed by atoms with van der Waals surface area (Å²) in [6.45, 7) is 0.640. The number of rotatable bonds is 5. The van der Waals surface area contributed by atoms with Gasteiger partial charge in [0, 0.05) is 23.0 Å². The molecule has 0 saturated heterocycles. The molecule has 0 bridgehead atoms. The van der Waals surface area contributed by atoms with Gasteiger partial charge in [-0.25, -0.2) is 0 Å². The van der Waals surface area contributed by atoms with E-state index in [1.54, 1.807) is 7.11 Å². The molecule has 3 aromatic rings. The molecule has 0 fully saturated rings. The first-order valence-corrected chi connectivity index (χ1v) is 7.21. The number of hydrogen-bond acceptors (Lipinski definition) is 2. The molecule has 0 aliphatic carbocycles. The van der Waals surface area contributed by atoms with Gasteiger partial charge in [0.05, 0.1) is 7.11 Å². The predicted molar refractivity (Wildman–Crippen MR) is 86.8 cm³/mol. The average Bonchev–Trinajstić information content (AvgIpc) is 2.95. The monoisotopic (exact) mass is 280 g/mol. The fourth-order valence-corrected chi connectivity index (χ4v) is 2.78. The lowest BCUT2D eigenvalue weighted by Gasteiger charge is -2.14. The third-order valence-electron chi connectivity index (χ3n) is 4.00. The summed E-state index contributed by atoms with van der Waals surface area (Å²) in [6, 6.07) is 16.6. The summed E-state index contributed by atoms with van der Waals surface area (Å²) in [7, 11) is 1.69. The van der Waals surface area contributed by atoms with Crippen molar-refractivity contribution < 1.29 is 4.74 Å². The van der Waals surface area contributed by atoms with Crippen LogP contribution < -0.4 is 10.5 Å². The lowest BCUT2D eigenvalue weighted by molar-refractivity contribution is 0.415. The minimum absolute atomic E-state index is 0.330. The summed E-state index contributed by atoms with van der Waals surface area (Å²) in [5, 5.41) is 1.21. The Balaban J connectivity index is 1.93. The van der Waals surface area contributed by atoms with Crippen molar-refractivity contribution in [1.29, 1.82) is 0 Å². The van der Waals surface area contributed by atoms with Crippen LogP contribution in [0, 0.1) is 0 Å². The van der Waals surface area contributed by atoms with Gasteiger partial charge in [-0.2, -0.15) is 0 Å². The third-order valence-corrected chi connectivity index (χ3v) is 4.00. The number of fused-ring (bicyclic) bond motifs is 1. The molecule has 3 nitrogen and oxygen atoms in total. The van der Waals surface area contributed by atoms with E-state index in [1.807, 2.05) is 12.1 Å². The van der Waals surface area contributed by atoms with Crippen molar-refractivity contribution in [3.8, 4) is 5.75 Å². The highest BCUT2D eigenvalue weighted by atomic mass is 16.5. The van der Waals surface area contributed by atoms with Crippen LogP contribution in [0.15, 0.2) is 54.7 Å². The number of aromatic nitrogens is 1. The van der Waals surface area contributed by atoms with Crippen molar-refractivity contribution in [2.24, 2.45) is 5.73 Å². The van der Waals surface area contributed by atoms with E-state index >= 15 is 0 Å². The largest absolute Gasteiger partial charge is 0.497 e. The Labute approximate surface area is 124 Å². The van der Waals surface area contributed by atoms with Gasteiger partial charge in [0.2, 0.25) is 0 Å². The van der Waals surface area contributed by atoms with Crippen LogP contribution >= 0.6 is 0 Å². The van der Waals surface area contributed by atoms with E-state index in [-0.39, 0.29) is 0 Å². The molecule has 0 aliphatic rings. The second kappa shape index (κ2) is 6.02. The van der Waals surface area contributed by atoms with Crippen LogP contribution in [-0.2, 0) is 6.42 Å². The molecule has 3 heteroatoms. The van der Waals surface area contributed by atoms with Crippen LogP contribution in [0.3, 0.4) is 0 Å². The molecule has 3 rings (SSSR count). The minimum atomic E-state index is 0.330. The first kappa shape index (κ1) is 13.7. The lowest BCUT2D eigenvalue weighted by Crippen LogP contribution is -2.14. The second-order valence-electron chi connectivity index (χ2n) is 5.27. The molecule has 0 saturated carbocycles. The van der Waals surface area contributed by atoms with Crippen molar-refractivity contribution >= 4 is 10.9 Å². The maximum atomic E-state index is 5.99. The number of benzene rings is 2. The molecule has 0 amide bonds. The highest BCUT2D eigenvalue weighted by molar-refractivity contribution is 5.84. The molecule has 3 N–H and O–H groups in total. The van der Waals surface area contributed by atoms with Gasteiger partial charge in [0.1, 0.15) is 5.75 Å². The molecule has 0 unspecified atom stereocenters. The molecular formula is C18H20N2O. The van der Waals surface area contributed by atoms with Crippen LogP contribution in [-0.4, -0.2) is 18.6 Å². The summed E-state index contributed by atoms with van der Waals surface area (Å²) < 4.78 is 5.32. The van der Waals surface area contributed by atoms with Crippen molar-refractivity contribution in [3.05, 3.63) is 65.9 Å². The summed E-state index contributed by atoms with van der Waals surface area (Å²) in [4.78, 5) is 3.32. The smallest absolute Gasteiger partial charge is 0.119 e. The zero-order valence-corrected chi connectivity index (χ0v) is 12.2. The minimum Gasteiger partial charge on any atom is -0.497 e. The first-order valence-electron chi connectivity index (χ1n) is 7.21. The van der Waals surface area contributed by atoms with E-state index in [2.05, 4.69) is 47.6 Å². The van der Waals surface area contributed by atoms with Crippen molar-refractivity contribution in [3.63, 3.8) is 0 Å². The molecular weight excluding hydrogens is 260 g/mol. The van der Waals surface area contributed by atoms with Crippen LogP contribution in [0.1, 0.15) is 17.0 Å². The maximum Gasteiger partial charge on any atom is 0.119 e. The van der Waals surface area contributed by atoms with Gasteiger partial charge in [-0.1, -0.05) is 30.3 Å². The topological polar surface area (TPSA) is 51.0 Å². The van der Waals surface area contributed by atoms with Gasteiger partial charge in [-0.3, -0.25) is 0 Å². The molecule has 1 aromatic heterocycles. The van der Waals surface area contributed by atoms with Crippen LogP contribution in [0.2, 0.25) is 0 Å². The number of nitrogens with one attached hydrogen (secondary N) is 1. The highest BCUT2D eigenvalue weighted by Crippen LogP contribution is 2.28.